The highest BCUT2D eigenvalue weighted by Crippen LogP contribution is 2.22. The fraction of sp³-hybridized carbons (Fsp3) is 0.400. The predicted molar refractivity (Wildman–Crippen MR) is 99.0 cm³/mol. The van der Waals surface area contributed by atoms with E-state index in [0.29, 0.717) is 5.75 Å². The summed E-state index contributed by atoms with van der Waals surface area (Å²) in [7, 11) is -0.989. The molecule has 0 amide bonds. The Kier molecular flexibility index (Phi) is 6.14. The Morgan fingerprint density at radius 1 is 1.00 bits per heavy atom. The zero-order valence-corrected chi connectivity index (χ0v) is 15.3. The van der Waals surface area contributed by atoms with Crippen LogP contribution in [0.5, 0.6) is 0 Å². The maximum Gasteiger partial charge on any atom is 0.0545 e. The van der Waals surface area contributed by atoms with Crippen LogP contribution >= 0.6 is 0 Å². The summed E-state index contributed by atoms with van der Waals surface area (Å²) in [6.07, 6.45) is 0. The molecule has 0 aliphatic rings. The van der Waals surface area contributed by atoms with Gasteiger partial charge in [0.1, 0.15) is 0 Å². The van der Waals surface area contributed by atoms with Crippen LogP contribution in [0, 0.1) is 12.3 Å². The van der Waals surface area contributed by atoms with E-state index >= 15 is 0 Å². The lowest BCUT2D eigenvalue weighted by molar-refractivity contribution is 0.288. The highest BCUT2D eigenvalue weighted by molar-refractivity contribution is 7.85. The highest BCUT2D eigenvalue weighted by atomic mass is 32.2. The minimum atomic E-state index is -0.989. The standard InChI is InChI=1S/C20H27NOS/c1-16-10-12-18(13-11-16)23(22)15-19(20(2,3)4)21-14-17-8-6-5-7-9-17/h5-13,19,21H,14-15H2,1-4H3/t19-,23?/m0/s1. The summed E-state index contributed by atoms with van der Waals surface area (Å²) in [6, 6.07) is 18.5. The van der Waals surface area contributed by atoms with Gasteiger partial charge in [-0.1, -0.05) is 68.8 Å². The molecule has 3 heteroatoms. The van der Waals surface area contributed by atoms with Gasteiger partial charge >= 0.3 is 0 Å². The molecule has 124 valence electrons. The molecule has 0 spiro atoms. The average molecular weight is 330 g/mol. The molecule has 1 unspecified atom stereocenters. The van der Waals surface area contributed by atoms with Gasteiger partial charge < -0.3 is 5.32 Å². The Bertz CT molecular complexity index is 629. The van der Waals surface area contributed by atoms with Gasteiger partial charge in [0.2, 0.25) is 0 Å². The fourth-order valence-electron chi connectivity index (χ4n) is 2.39. The van der Waals surface area contributed by atoms with E-state index < -0.39 is 10.8 Å². The van der Waals surface area contributed by atoms with Gasteiger partial charge in [0.05, 0.1) is 10.8 Å². The molecule has 0 aliphatic heterocycles. The number of benzene rings is 2. The van der Waals surface area contributed by atoms with E-state index in [9.17, 15) is 4.21 Å². The van der Waals surface area contributed by atoms with Crippen LogP contribution in [-0.2, 0) is 17.3 Å². The SMILES string of the molecule is Cc1ccc(S(=O)C[C@H](NCc2ccccc2)C(C)(C)C)cc1. The molecule has 2 aromatic carbocycles. The fourth-order valence-corrected chi connectivity index (χ4v) is 3.94. The molecule has 0 fully saturated rings. The topological polar surface area (TPSA) is 29.1 Å². The van der Waals surface area contributed by atoms with Crippen molar-refractivity contribution >= 4 is 10.8 Å². The van der Waals surface area contributed by atoms with Crippen LogP contribution in [0.2, 0.25) is 0 Å². The van der Waals surface area contributed by atoms with Crippen molar-refractivity contribution in [1.82, 2.24) is 5.32 Å². The first-order valence-corrected chi connectivity index (χ1v) is 9.40. The Hall–Kier alpha value is -1.45. The zero-order valence-electron chi connectivity index (χ0n) is 14.5. The smallest absolute Gasteiger partial charge is 0.0545 e. The van der Waals surface area contributed by atoms with Crippen LogP contribution in [0.25, 0.3) is 0 Å². The van der Waals surface area contributed by atoms with Gasteiger partial charge in [0.25, 0.3) is 0 Å². The van der Waals surface area contributed by atoms with E-state index in [1.54, 1.807) is 0 Å². The van der Waals surface area contributed by atoms with E-state index in [2.05, 4.69) is 38.2 Å². The number of aryl methyl sites for hydroxylation is 1. The number of rotatable bonds is 6. The molecule has 0 saturated carbocycles. The lowest BCUT2D eigenvalue weighted by Crippen LogP contribution is -2.43. The van der Waals surface area contributed by atoms with Gasteiger partial charge in [0.15, 0.2) is 0 Å². The molecule has 2 rings (SSSR count). The second-order valence-electron chi connectivity index (χ2n) is 7.11. The molecular weight excluding hydrogens is 302 g/mol. The molecular formula is C20H27NOS. The van der Waals surface area contributed by atoms with Gasteiger partial charge in [0, 0.05) is 23.2 Å². The third-order valence-corrected chi connectivity index (χ3v) is 5.48. The van der Waals surface area contributed by atoms with E-state index in [-0.39, 0.29) is 11.5 Å². The summed E-state index contributed by atoms with van der Waals surface area (Å²) in [5, 5.41) is 3.59. The van der Waals surface area contributed by atoms with Crippen LogP contribution < -0.4 is 5.32 Å². The molecule has 2 nitrogen and oxygen atoms in total. The first-order valence-electron chi connectivity index (χ1n) is 8.08. The zero-order chi connectivity index (χ0) is 16.9. The van der Waals surface area contributed by atoms with Crippen LogP contribution in [0.1, 0.15) is 31.9 Å². The Labute approximate surface area is 142 Å². The Balaban J connectivity index is 2.04. The van der Waals surface area contributed by atoms with Gasteiger partial charge in [-0.2, -0.15) is 0 Å². The molecule has 0 heterocycles. The average Bonchev–Trinajstić information content (AvgIpc) is 2.51. The summed E-state index contributed by atoms with van der Waals surface area (Å²) >= 11 is 0. The molecule has 0 aliphatic carbocycles. The highest BCUT2D eigenvalue weighted by Gasteiger charge is 2.26. The van der Waals surface area contributed by atoms with E-state index in [1.165, 1.54) is 11.1 Å². The van der Waals surface area contributed by atoms with E-state index in [4.69, 9.17) is 0 Å². The van der Waals surface area contributed by atoms with E-state index in [1.807, 2.05) is 49.4 Å². The minimum absolute atomic E-state index is 0.0507. The molecule has 0 bridgehead atoms. The van der Waals surface area contributed by atoms with Crippen LogP contribution in [-0.4, -0.2) is 16.0 Å². The summed E-state index contributed by atoms with van der Waals surface area (Å²) in [4.78, 5) is 0.909. The largest absolute Gasteiger partial charge is 0.308 e. The lowest BCUT2D eigenvalue weighted by atomic mass is 9.88. The predicted octanol–water partition coefficient (Wildman–Crippen LogP) is 4.31. The lowest BCUT2D eigenvalue weighted by Gasteiger charge is -2.31. The molecule has 0 radical (unpaired) electrons. The van der Waals surface area contributed by atoms with Gasteiger partial charge in [-0.3, -0.25) is 4.21 Å². The number of hydrogen-bond donors (Lipinski definition) is 1. The summed E-state index contributed by atoms with van der Waals surface area (Å²) in [5.41, 5.74) is 2.50. The van der Waals surface area contributed by atoms with Crippen LogP contribution in [0.3, 0.4) is 0 Å². The molecule has 2 atom stereocenters. The Morgan fingerprint density at radius 3 is 2.17 bits per heavy atom. The first kappa shape index (κ1) is 17.9. The molecule has 0 aromatic heterocycles. The molecule has 23 heavy (non-hydrogen) atoms. The van der Waals surface area contributed by atoms with Crippen molar-refractivity contribution < 1.29 is 4.21 Å². The molecule has 2 aromatic rings. The first-order chi connectivity index (χ1) is 10.9. The van der Waals surface area contributed by atoms with Crippen molar-refractivity contribution in [3.05, 3.63) is 65.7 Å². The maximum atomic E-state index is 12.7. The summed E-state index contributed by atoms with van der Waals surface area (Å²) in [5.74, 6) is 0.624. The third-order valence-electron chi connectivity index (χ3n) is 4.04. The Morgan fingerprint density at radius 2 is 1.61 bits per heavy atom. The normalized spacial score (nSPS) is 14.4. The quantitative estimate of drug-likeness (QED) is 0.856. The second kappa shape index (κ2) is 7.89. The summed E-state index contributed by atoms with van der Waals surface area (Å²) < 4.78 is 12.7. The van der Waals surface area contributed by atoms with Crippen molar-refractivity contribution in [3.8, 4) is 0 Å². The second-order valence-corrected chi connectivity index (χ2v) is 8.61. The third kappa shape index (κ3) is 5.60. The van der Waals surface area contributed by atoms with Gasteiger partial charge in [-0.15, -0.1) is 0 Å². The van der Waals surface area contributed by atoms with Crippen LogP contribution in [0.4, 0.5) is 0 Å². The van der Waals surface area contributed by atoms with Crippen molar-refractivity contribution in [2.24, 2.45) is 5.41 Å². The monoisotopic (exact) mass is 329 g/mol. The summed E-state index contributed by atoms with van der Waals surface area (Å²) in [6.45, 7) is 9.44. The molecule has 1 N–H and O–H groups in total. The van der Waals surface area contributed by atoms with E-state index in [0.717, 1.165) is 11.4 Å². The van der Waals surface area contributed by atoms with Gasteiger partial charge in [-0.05, 0) is 30.0 Å². The van der Waals surface area contributed by atoms with Crippen molar-refractivity contribution in [1.29, 1.82) is 0 Å². The van der Waals surface area contributed by atoms with Crippen molar-refractivity contribution in [3.63, 3.8) is 0 Å². The minimum Gasteiger partial charge on any atom is -0.308 e. The van der Waals surface area contributed by atoms with Crippen LogP contribution in [0.15, 0.2) is 59.5 Å². The van der Waals surface area contributed by atoms with Crippen molar-refractivity contribution in [2.75, 3.05) is 5.75 Å². The van der Waals surface area contributed by atoms with Gasteiger partial charge in [-0.25, -0.2) is 0 Å². The molecule has 0 saturated heterocycles. The maximum absolute atomic E-state index is 12.7. The number of nitrogens with one attached hydrogen (secondary N) is 1. The number of hydrogen-bond acceptors (Lipinski definition) is 2. The van der Waals surface area contributed by atoms with Crippen molar-refractivity contribution in [2.45, 2.75) is 45.2 Å².